The molecule has 0 radical (unpaired) electrons. The lowest BCUT2D eigenvalue weighted by Crippen LogP contribution is -1.92. The summed E-state index contributed by atoms with van der Waals surface area (Å²) in [5, 5.41) is 0.732. The normalized spacial score (nSPS) is 12.5. The maximum Gasteiger partial charge on any atom is 0.0645 e. The van der Waals surface area contributed by atoms with Crippen molar-refractivity contribution >= 4 is 59.4 Å². The monoisotopic (exact) mass is 436 g/mol. The van der Waals surface area contributed by atoms with E-state index in [9.17, 15) is 0 Å². The zero-order valence-corrected chi connectivity index (χ0v) is 14.1. The summed E-state index contributed by atoms with van der Waals surface area (Å²) in [6, 6.07) is 14.1. The van der Waals surface area contributed by atoms with Gasteiger partial charge in [-0.2, -0.15) is 0 Å². The summed E-state index contributed by atoms with van der Waals surface area (Å²) in [5.41, 5.74) is 2.33. The van der Waals surface area contributed by atoms with Crippen LogP contribution in [0.4, 0.5) is 0 Å². The van der Waals surface area contributed by atoms with Crippen LogP contribution in [-0.4, -0.2) is 0 Å². The van der Waals surface area contributed by atoms with Crippen LogP contribution in [0, 0.1) is 0 Å². The van der Waals surface area contributed by atoms with Gasteiger partial charge in [0, 0.05) is 14.0 Å². The standard InChI is InChI=1S/C13H8Br3Cl/c14-10-3-1-8(2-4-10)13(16)9-5-11(15)7-12(17)6-9/h1-7,13H. The van der Waals surface area contributed by atoms with Gasteiger partial charge < -0.3 is 0 Å². The van der Waals surface area contributed by atoms with Gasteiger partial charge in [0.15, 0.2) is 0 Å². The molecular formula is C13H8Br3Cl. The molecule has 2 aromatic carbocycles. The van der Waals surface area contributed by atoms with Crippen molar-refractivity contribution < 1.29 is 0 Å². The fourth-order valence-electron chi connectivity index (χ4n) is 1.55. The maximum atomic E-state index is 6.05. The van der Waals surface area contributed by atoms with Crippen LogP contribution in [0.3, 0.4) is 0 Å². The van der Waals surface area contributed by atoms with Gasteiger partial charge >= 0.3 is 0 Å². The van der Waals surface area contributed by atoms with Crippen LogP contribution >= 0.6 is 59.4 Å². The molecule has 1 atom stereocenters. The Balaban J connectivity index is 2.36. The molecule has 0 N–H and O–H groups in total. The Hall–Kier alpha value is 0.170. The molecule has 0 nitrogen and oxygen atoms in total. The van der Waals surface area contributed by atoms with E-state index < -0.39 is 0 Å². The van der Waals surface area contributed by atoms with Gasteiger partial charge in [0.25, 0.3) is 0 Å². The first-order valence-corrected chi connectivity index (χ1v) is 7.80. The molecule has 0 saturated heterocycles. The van der Waals surface area contributed by atoms with Crippen LogP contribution in [-0.2, 0) is 0 Å². The molecule has 0 aliphatic rings. The molecule has 88 valence electrons. The first kappa shape index (κ1) is 13.6. The fraction of sp³-hybridized carbons (Fsp3) is 0.0769. The third kappa shape index (κ3) is 3.57. The molecule has 0 aliphatic heterocycles. The van der Waals surface area contributed by atoms with Crippen LogP contribution in [0.1, 0.15) is 16.0 Å². The summed E-state index contributed by atoms with van der Waals surface area (Å²) in [6.45, 7) is 0. The van der Waals surface area contributed by atoms with Gasteiger partial charge in [-0.05, 0) is 41.5 Å². The van der Waals surface area contributed by atoms with Gasteiger partial charge in [0.1, 0.15) is 0 Å². The molecule has 0 spiro atoms. The first-order chi connectivity index (χ1) is 8.06. The van der Waals surface area contributed by atoms with E-state index in [1.165, 1.54) is 5.56 Å². The van der Waals surface area contributed by atoms with Crippen molar-refractivity contribution in [2.75, 3.05) is 0 Å². The zero-order valence-electron chi connectivity index (χ0n) is 8.63. The molecule has 2 aromatic rings. The molecule has 0 fully saturated rings. The summed E-state index contributed by atoms with van der Waals surface area (Å²) < 4.78 is 2.06. The van der Waals surface area contributed by atoms with Crippen LogP contribution in [0.2, 0.25) is 5.02 Å². The van der Waals surface area contributed by atoms with E-state index in [-0.39, 0.29) is 4.83 Å². The first-order valence-electron chi connectivity index (χ1n) is 4.92. The predicted molar refractivity (Wildman–Crippen MR) is 84.1 cm³/mol. The summed E-state index contributed by atoms with van der Waals surface area (Å²) in [5.74, 6) is 0. The van der Waals surface area contributed by atoms with Crippen LogP contribution in [0.15, 0.2) is 51.4 Å². The summed E-state index contributed by atoms with van der Waals surface area (Å²) in [4.78, 5) is 0.144. The Morgan fingerprint density at radius 3 is 2.06 bits per heavy atom. The summed E-state index contributed by atoms with van der Waals surface area (Å²) in [6.07, 6.45) is 0. The second-order valence-electron chi connectivity index (χ2n) is 3.62. The molecular weight excluding hydrogens is 431 g/mol. The highest BCUT2D eigenvalue weighted by atomic mass is 79.9. The third-order valence-electron chi connectivity index (χ3n) is 2.34. The molecule has 1 unspecified atom stereocenters. The van der Waals surface area contributed by atoms with Crippen molar-refractivity contribution in [3.8, 4) is 0 Å². The summed E-state index contributed by atoms with van der Waals surface area (Å²) in [7, 11) is 0. The molecule has 17 heavy (non-hydrogen) atoms. The number of hydrogen-bond acceptors (Lipinski definition) is 0. The van der Waals surface area contributed by atoms with E-state index in [2.05, 4.69) is 66.0 Å². The van der Waals surface area contributed by atoms with E-state index in [0.717, 1.165) is 19.5 Å². The molecule has 0 amide bonds. The van der Waals surface area contributed by atoms with Gasteiger partial charge in [-0.3, -0.25) is 0 Å². The molecule has 0 bridgehead atoms. The van der Waals surface area contributed by atoms with E-state index in [4.69, 9.17) is 11.6 Å². The lowest BCUT2D eigenvalue weighted by molar-refractivity contribution is 1.17. The van der Waals surface area contributed by atoms with Gasteiger partial charge in [0.2, 0.25) is 0 Å². The average molecular weight is 439 g/mol. The van der Waals surface area contributed by atoms with E-state index in [1.54, 1.807) is 0 Å². The van der Waals surface area contributed by atoms with Crippen molar-refractivity contribution in [1.29, 1.82) is 0 Å². The minimum atomic E-state index is 0.144. The minimum absolute atomic E-state index is 0.144. The molecule has 0 heterocycles. The van der Waals surface area contributed by atoms with Crippen molar-refractivity contribution in [3.63, 3.8) is 0 Å². The van der Waals surface area contributed by atoms with Crippen molar-refractivity contribution in [2.24, 2.45) is 0 Å². The van der Waals surface area contributed by atoms with Gasteiger partial charge in [-0.15, -0.1) is 0 Å². The van der Waals surface area contributed by atoms with Crippen LogP contribution < -0.4 is 0 Å². The maximum absolute atomic E-state index is 6.05. The number of alkyl halides is 1. The summed E-state index contributed by atoms with van der Waals surface area (Å²) >= 11 is 16.6. The van der Waals surface area contributed by atoms with Crippen molar-refractivity contribution in [2.45, 2.75) is 4.83 Å². The fourth-order valence-corrected chi connectivity index (χ4v) is 3.27. The van der Waals surface area contributed by atoms with Crippen LogP contribution in [0.5, 0.6) is 0 Å². The van der Waals surface area contributed by atoms with Gasteiger partial charge in [-0.25, -0.2) is 0 Å². The Kier molecular flexibility index (Phi) is 4.70. The SMILES string of the molecule is Clc1cc(Br)cc(C(Br)c2ccc(Br)cc2)c1. The highest BCUT2D eigenvalue weighted by Gasteiger charge is 2.11. The van der Waals surface area contributed by atoms with Crippen molar-refractivity contribution in [3.05, 3.63) is 67.6 Å². The van der Waals surface area contributed by atoms with E-state index in [1.807, 2.05) is 24.3 Å². The Bertz CT molecular complexity index is 502. The third-order valence-corrected chi connectivity index (χ3v) is 4.60. The number of halogens is 4. The molecule has 2 rings (SSSR count). The second-order valence-corrected chi connectivity index (χ2v) is 6.80. The number of rotatable bonds is 2. The topological polar surface area (TPSA) is 0 Å². The quantitative estimate of drug-likeness (QED) is 0.479. The Morgan fingerprint density at radius 2 is 1.47 bits per heavy atom. The second kappa shape index (κ2) is 5.87. The van der Waals surface area contributed by atoms with Crippen molar-refractivity contribution in [1.82, 2.24) is 0 Å². The highest BCUT2D eigenvalue weighted by molar-refractivity contribution is 9.10. The molecule has 0 aromatic heterocycles. The Labute approximate surface area is 131 Å². The molecule has 0 aliphatic carbocycles. The highest BCUT2D eigenvalue weighted by Crippen LogP contribution is 2.34. The minimum Gasteiger partial charge on any atom is -0.0843 e. The smallest absolute Gasteiger partial charge is 0.0645 e. The van der Waals surface area contributed by atoms with E-state index in [0.29, 0.717) is 0 Å². The van der Waals surface area contributed by atoms with E-state index >= 15 is 0 Å². The largest absolute Gasteiger partial charge is 0.0843 e. The average Bonchev–Trinajstić information content (AvgIpc) is 2.28. The molecule has 0 saturated carbocycles. The lowest BCUT2D eigenvalue weighted by atomic mass is 10.1. The van der Waals surface area contributed by atoms with Gasteiger partial charge in [-0.1, -0.05) is 71.5 Å². The number of hydrogen-bond donors (Lipinski definition) is 0. The van der Waals surface area contributed by atoms with Gasteiger partial charge in [0.05, 0.1) is 4.83 Å². The molecule has 4 heteroatoms. The number of benzene rings is 2. The predicted octanol–water partition coefficient (Wildman–Crippen LogP) is 6.35. The Morgan fingerprint density at radius 1 is 0.824 bits per heavy atom. The zero-order chi connectivity index (χ0) is 12.4. The lowest BCUT2D eigenvalue weighted by Gasteiger charge is -2.12. The van der Waals surface area contributed by atoms with Crippen LogP contribution in [0.25, 0.3) is 0 Å².